The van der Waals surface area contributed by atoms with Crippen molar-refractivity contribution in [1.29, 1.82) is 0 Å². The monoisotopic (exact) mass is 465 g/mol. The molecule has 1 saturated heterocycles. The van der Waals surface area contributed by atoms with E-state index in [0.717, 1.165) is 32.8 Å². The van der Waals surface area contributed by atoms with Crippen LogP contribution in [0.5, 0.6) is 5.75 Å². The largest absolute Gasteiger partial charge is 0.492 e. The molecule has 4 rings (SSSR count). The number of ether oxygens (including phenoxy) is 2. The molecule has 178 valence electrons. The van der Waals surface area contributed by atoms with Gasteiger partial charge in [0.15, 0.2) is 11.6 Å². The van der Waals surface area contributed by atoms with E-state index in [9.17, 15) is 9.50 Å². The second-order valence-electron chi connectivity index (χ2n) is 7.88. The molecule has 1 unspecified atom stereocenters. The van der Waals surface area contributed by atoms with E-state index in [4.69, 9.17) is 15.2 Å². The Morgan fingerprint density at radius 2 is 2.00 bits per heavy atom. The molecule has 8 nitrogen and oxygen atoms in total. The number of aliphatic imine (C=N–C) groups is 1. The molecule has 1 aliphatic heterocycles. The van der Waals surface area contributed by atoms with Crippen molar-refractivity contribution in [3.05, 3.63) is 71.8 Å². The zero-order valence-corrected chi connectivity index (χ0v) is 19.0. The first-order valence-corrected chi connectivity index (χ1v) is 11.2. The second-order valence-corrected chi connectivity index (χ2v) is 7.88. The van der Waals surface area contributed by atoms with Gasteiger partial charge >= 0.3 is 0 Å². The first-order chi connectivity index (χ1) is 16.5. The molecule has 0 saturated carbocycles. The van der Waals surface area contributed by atoms with Crippen molar-refractivity contribution in [2.24, 2.45) is 10.7 Å². The van der Waals surface area contributed by atoms with Gasteiger partial charge in [-0.05, 0) is 42.8 Å². The minimum Gasteiger partial charge on any atom is -0.492 e. The minimum absolute atomic E-state index is 0.136. The fourth-order valence-electron chi connectivity index (χ4n) is 3.65. The SMILES string of the molecule is CC=CC(N)=Nc1nc(C(O)c2ccc(F)cc2)nc2cc(OCCN3CCOCC3)ccc12. The van der Waals surface area contributed by atoms with Crippen LogP contribution in [0.25, 0.3) is 10.9 Å². The van der Waals surface area contributed by atoms with Gasteiger partial charge in [-0.15, -0.1) is 0 Å². The van der Waals surface area contributed by atoms with Gasteiger partial charge in [-0.25, -0.2) is 19.4 Å². The number of aliphatic hydroxyl groups excluding tert-OH is 1. The van der Waals surface area contributed by atoms with E-state index >= 15 is 0 Å². The summed E-state index contributed by atoms with van der Waals surface area (Å²) in [6, 6.07) is 11.0. The van der Waals surface area contributed by atoms with E-state index in [-0.39, 0.29) is 11.7 Å². The molecule has 2 heterocycles. The Bertz CT molecular complexity index is 1180. The van der Waals surface area contributed by atoms with Crippen LogP contribution in [0.15, 0.2) is 59.6 Å². The van der Waals surface area contributed by atoms with E-state index in [2.05, 4.69) is 19.9 Å². The van der Waals surface area contributed by atoms with Gasteiger partial charge in [0.2, 0.25) is 0 Å². The molecule has 34 heavy (non-hydrogen) atoms. The highest BCUT2D eigenvalue weighted by atomic mass is 19.1. The third kappa shape index (κ3) is 5.93. The van der Waals surface area contributed by atoms with Gasteiger partial charge in [0.05, 0.1) is 18.7 Å². The maximum atomic E-state index is 13.3. The Morgan fingerprint density at radius 1 is 1.24 bits per heavy atom. The number of amidine groups is 1. The van der Waals surface area contributed by atoms with E-state index < -0.39 is 11.9 Å². The number of nitrogens with zero attached hydrogens (tertiary/aromatic N) is 4. The lowest BCUT2D eigenvalue weighted by Gasteiger charge is -2.26. The number of hydrogen-bond acceptors (Lipinski definition) is 7. The highest BCUT2D eigenvalue weighted by molar-refractivity contribution is 5.97. The van der Waals surface area contributed by atoms with Gasteiger partial charge < -0.3 is 20.3 Å². The highest BCUT2D eigenvalue weighted by Crippen LogP contribution is 2.30. The molecule has 0 amide bonds. The topological polar surface area (TPSA) is 106 Å². The van der Waals surface area contributed by atoms with Crippen molar-refractivity contribution >= 4 is 22.6 Å². The first kappa shape index (κ1) is 23.7. The number of morpholine rings is 1. The summed E-state index contributed by atoms with van der Waals surface area (Å²) in [5.74, 6) is 1.00. The second kappa shape index (κ2) is 11.1. The lowest BCUT2D eigenvalue weighted by atomic mass is 10.1. The summed E-state index contributed by atoms with van der Waals surface area (Å²) in [5, 5.41) is 11.5. The number of aliphatic hydroxyl groups is 1. The summed E-state index contributed by atoms with van der Waals surface area (Å²) in [4.78, 5) is 15.7. The Morgan fingerprint density at radius 3 is 2.74 bits per heavy atom. The summed E-state index contributed by atoms with van der Waals surface area (Å²) in [6.45, 7) is 6.44. The van der Waals surface area contributed by atoms with Crippen LogP contribution in [0.3, 0.4) is 0 Å². The number of fused-ring (bicyclic) bond motifs is 1. The Hall–Kier alpha value is -3.40. The van der Waals surface area contributed by atoms with Crippen molar-refractivity contribution in [3.8, 4) is 5.75 Å². The molecule has 0 radical (unpaired) electrons. The molecule has 0 spiro atoms. The van der Waals surface area contributed by atoms with Gasteiger partial charge in [-0.1, -0.05) is 18.2 Å². The number of rotatable bonds is 8. The number of allylic oxidation sites excluding steroid dienone is 1. The van der Waals surface area contributed by atoms with Gasteiger partial charge in [-0.3, -0.25) is 4.90 Å². The summed E-state index contributed by atoms with van der Waals surface area (Å²) >= 11 is 0. The van der Waals surface area contributed by atoms with Crippen LogP contribution in [0.2, 0.25) is 0 Å². The molecule has 3 aromatic rings. The van der Waals surface area contributed by atoms with Crippen LogP contribution in [-0.2, 0) is 4.74 Å². The number of halogens is 1. The van der Waals surface area contributed by atoms with Crippen molar-refractivity contribution in [3.63, 3.8) is 0 Å². The molecular formula is C25H28FN5O3. The first-order valence-electron chi connectivity index (χ1n) is 11.2. The van der Waals surface area contributed by atoms with E-state index in [0.29, 0.717) is 34.6 Å². The van der Waals surface area contributed by atoms with E-state index in [1.807, 2.05) is 19.1 Å². The van der Waals surface area contributed by atoms with Gasteiger partial charge in [-0.2, -0.15) is 0 Å². The summed E-state index contributed by atoms with van der Waals surface area (Å²) in [7, 11) is 0. The summed E-state index contributed by atoms with van der Waals surface area (Å²) in [5.41, 5.74) is 7.01. The zero-order chi connectivity index (χ0) is 23.9. The molecule has 0 aliphatic carbocycles. The van der Waals surface area contributed by atoms with Crippen LogP contribution in [0.1, 0.15) is 24.4 Å². The number of aromatic nitrogens is 2. The minimum atomic E-state index is -1.16. The summed E-state index contributed by atoms with van der Waals surface area (Å²) in [6.07, 6.45) is 2.28. The van der Waals surface area contributed by atoms with Gasteiger partial charge in [0.25, 0.3) is 0 Å². The Balaban J connectivity index is 1.64. The average Bonchev–Trinajstić information content (AvgIpc) is 2.84. The molecule has 1 atom stereocenters. The maximum absolute atomic E-state index is 13.3. The Kier molecular flexibility index (Phi) is 7.79. The standard InChI is InChI=1S/C25H28FN5O3/c1-2-3-22(27)29-24-20-9-8-19(34-15-12-31-10-13-33-14-11-31)16-21(20)28-25(30-24)23(32)17-4-6-18(26)7-5-17/h2-9,16,23,32H,10-15H2,1H3,(H2,27,28,29,30). The highest BCUT2D eigenvalue weighted by Gasteiger charge is 2.18. The average molecular weight is 466 g/mol. The van der Waals surface area contributed by atoms with Gasteiger partial charge in [0.1, 0.15) is 30.1 Å². The third-order valence-corrected chi connectivity index (χ3v) is 5.45. The molecule has 2 aromatic carbocycles. The molecular weight excluding hydrogens is 437 g/mol. The number of benzene rings is 2. The van der Waals surface area contributed by atoms with Gasteiger partial charge in [0, 0.05) is 31.1 Å². The number of nitrogens with two attached hydrogens (primary N) is 1. The molecule has 0 bridgehead atoms. The lowest BCUT2D eigenvalue weighted by Crippen LogP contribution is -2.38. The van der Waals surface area contributed by atoms with Crippen molar-refractivity contribution in [2.45, 2.75) is 13.0 Å². The Labute approximate surface area is 197 Å². The summed E-state index contributed by atoms with van der Waals surface area (Å²) < 4.78 is 24.7. The third-order valence-electron chi connectivity index (χ3n) is 5.45. The van der Waals surface area contributed by atoms with Crippen LogP contribution in [0, 0.1) is 5.82 Å². The lowest BCUT2D eigenvalue weighted by molar-refractivity contribution is 0.0322. The predicted octanol–water partition coefficient (Wildman–Crippen LogP) is 3.13. The van der Waals surface area contributed by atoms with E-state index in [1.54, 1.807) is 18.2 Å². The fraction of sp³-hybridized carbons (Fsp3) is 0.320. The van der Waals surface area contributed by atoms with Crippen molar-refractivity contribution < 1.29 is 19.0 Å². The van der Waals surface area contributed by atoms with Crippen LogP contribution in [0.4, 0.5) is 10.2 Å². The quantitative estimate of drug-likeness (QED) is 0.389. The molecule has 3 N–H and O–H groups in total. The zero-order valence-electron chi connectivity index (χ0n) is 19.0. The van der Waals surface area contributed by atoms with Crippen molar-refractivity contribution in [2.75, 3.05) is 39.5 Å². The normalized spacial score (nSPS) is 16.3. The number of hydrogen-bond donors (Lipinski definition) is 2. The van der Waals surface area contributed by atoms with Crippen LogP contribution >= 0.6 is 0 Å². The molecule has 1 aromatic heterocycles. The van der Waals surface area contributed by atoms with Crippen LogP contribution < -0.4 is 10.5 Å². The van der Waals surface area contributed by atoms with E-state index in [1.165, 1.54) is 24.3 Å². The molecule has 1 aliphatic rings. The van der Waals surface area contributed by atoms with Crippen molar-refractivity contribution in [1.82, 2.24) is 14.9 Å². The fourth-order valence-corrected chi connectivity index (χ4v) is 3.65. The molecule has 9 heteroatoms. The smallest absolute Gasteiger partial charge is 0.165 e. The molecule has 1 fully saturated rings. The van der Waals surface area contributed by atoms with Crippen LogP contribution in [-0.4, -0.2) is 65.3 Å². The maximum Gasteiger partial charge on any atom is 0.165 e. The predicted molar refractivity (Wildman–Crippen MR) is 129 cm³/mol.